The van der Waals surface area contributed by atoms with E-state index in [9.17, 15) is 5.11 Å². The molecule has 0 radical (unpaired) electrons. The molecule has 0 aliphatic carbocycles. The number of hydrogen-bond donors (Lipinski definition) is 0. The van der Waals surface area contributed by atoms with Crippen LogP contribution in [0.2, 0.25) is 0 Å². The summed E-state index contributed by atoms with van der Waals surface area (Å²) in [5, 5.41) is 10.2. The van der Waals surface area contributed by atoms with Crippen molar-refractivity contribution in [3.8, 4) is 5.88 Å². The van der Waals surface area contributed by atoms with E-state index in [1.165, 1.54) is 94.0 Å². The van der Waals surface area contributed by atoms with Gasteiger partial charge >= 0.3 is 0 Å². The molecule has 3 heteroatoms. The summed E-state index contributed by atoms with van der Waals surface area (Å²) in [6.07, 6.45) is 15.9. The van der Waals surface area contributed by atoms with Crippen LogP contribution in [0.4, 0.5) is 0 Å². The Labute approximate surface area is 150 Å². The van der Waals surface area contributed by atoms with Crippen molar-refractivity contribution >= 4 is 0 Å². The van der Waals surface area contributed by atoms with E-state index in [4.69, 9.17) is 0 Å². The zero-order valence-electron chi connectivity index (χ0n) is 16.6. The maximum Gasteiger partial charge on any atom is 0.0782 e. The first-order valence-corrected chi connectivity index (χ1v) is 9.92. The van der Waals surface area contributed by atoms with Gasteiger partial charge in [0, 0.05) is 6.20 Å². The topological polar surface area (TPSA) is 36.0 Å². The van der Waals surface area contributed by atoms with E-state index in [1.54, 1.807) is 12.1 Å². The molecular formula is C21H40N2O. The normalized spacial score (nSPS) is 11.0. The van der Waals surface area contributed by atoms with Crippen LogP contribution >= 0.6 is 0 Å². The lowest BCUT2D eigenvalue weighted by molar-refractivity contribution is -0.888. The molecule has 0 fully saturated rings. The van der Waals surface area contributed by atoms with Crippen molar-refractivity contribution in [2.45, 2.75) is 78.1 Å². The number of nitrogens with zero attached hydrogens (tertiary/aromatic N) is 2. The Hall–Kier alpha value is -1.09. The van der Waals surface area contributed by atoms with E-state index in [-0.39, 0.29) is 5.88 Å². The minimum absolute atomic E-state index is 0.178. The Kier molecular flexibility index (Phi) is 14.7. The second kappa shape index (κ2) is 15.4. The Balaban J connectivity index is 0.000000620. The molecule has 0 bridgehead atoms. The van der Waals surface area contributed by atoms with E-state index in [0.29, 0.717) is 0 Å². The highest BCUT2D eigenvalue weighted by atomic mass is 16.3. The molecular weight excluding hydrogens is 296 g/mol. The Morgan fingerprint density at radius 1 is 0.833 bits per heavy atom. The summed E-state index contributed by atoms with van der Waals surface area (Å²) in [6.45, 7) is 7.19. The molecule has 3 nitrogen and oxygen atoms in total. The zero-order chi connectivity index (χ0) is 18.1. The molecule has 140 valence electrons. The van der Waals surface area contributed by atoms with Crippen molar-refractivity contribution in [1.29, 1.82) is 0 Å². The van der Waals surface area contributed by atoms with Crippen molar-refractivity contribution in [3.05, 3.63) is 24.4 Å². The molecule has 24 heavy (non-hydrogen) atoms. The van der Waals surface area contributed by atoms with Gasteiger partial charge in [-0.1, -0.05) is 70.4 Å². The minimum atomic E-state index is -0.178. The highest BCUT2D eigenvalue weighted by Gasteiger charge is 2.09. The van der Waals surface area contributed by atoms with E-state index >= 15 is 0 Å². The summed E-state index contributed by atoms with van der Waals surface area (Å²) >= 11 is 0. The fourth-order valence-electron chi connectivity index (χ4n) is 2.53. The van der Waals surface area contributed by atoms with Crippen molar-refractivity contribution in [1.82, 2.24) is 4.98 Å². The summed E-state index contributed by atoms with van der Waals surface area (Å²) in [5.74, 6) is -0.178. The van der Waals surface area contributed by atoms with Gasteiger partial charge in [-0.25, -0.2) is 0 Å². The number of rotatable bonds is 12. The fraction of sp³-hybridized carbons (Fsp3) is 0.762. The lowest BCUT2D eigenvalue weighted by Crippen LogP contribution is -2.39. The van der Waals surface area contributed by atoms with Gasteiger partial charge in [0.25, 0.3) is 0 Å². The Morgan fingerprint density at radius 3 is 1.75 bits per heavy atom. The van der Waals surface area contributed by atoms with Crippen LogP contribution in [0.15, 0.2) is 24.4 Å². The van der Waals surface area contributed by atoms with Crippen LogP contribution in [-0.4, -0.2) is 36.7 Å². The molecule has 0 unspecified atom stereocenters. The summed E-state index contributed by atoms with van der Waals surface area (Å²) in [4.78, 5) is 3.42. The third-order valence-electron chi connectivity index (χ3n) is 4.61. The molecule has 1 rings (SSSR count). The van der Waals surface area contributed by atoms with Crippen LogP contribution in [-0.2, 0) is 0 Å². The lowest BCUT2D eigenvalue weighted by Gasteiger charge is -2.28. The summed E-state index contributed by atoms with van der Waals surface area (Å²) < 4.78 is 1.19. The fourth-order valence-corrected chi connectivity index (χ4v) is 2.53. The van der Waals surface area contributed by atoms with Crippen molar-refractivity contribution in [2.75, 3.05) is 27.2 Å². The SMILES string of the molecule is CCCCCCCCCCCC[N+](C)(C)CC.[O-]c1ccccn1. The average molecular weight is 337 g/mol. The number of unbranched alkanes of at least 4 members (excludes halogenated alkanes) is 9. The molecule has 0 aliphatic heterocycles. The highest BCUT2D eigenvalue weighted by Crippen LogP contribution is 2.11. The van der Waals surface area contributed by atoms with Gasteiger partial charge in [0.1, 0.15) is 0 Å². The molecule has 1 heterocycles. The van der Waals surface area contributed by atoms with Gasteiger partial charge < -0.3 is 9.59 Å². The quantitative estimate of drug-likeness (QED) is 0.390. The van der Waals surface area contributed by atoms with Gasteiger partial charge in [0.15, 0.2) is 0 Å². The second-order valence-electron chi connectivity index (χ2n) is 7.33. The van der Waals surface area contributed by atoms with Crippen LogP contribution in [0.5, 0.6) is 5.88 Å². The van der Waals surface area contributed by atoms with Gasteiger partial charge in [-0.2, -0.15) is 0 Å². The van der Waals surface area contributed by atoms with E-state index in [1.807, 2.05) is 0 Å². The maximum absolute atomic E-state index is 10.2. The second-order valence-corrected chi connectivity index (χ2v) is 7.33. The largest absolute Gasteiger partial charge is 0.859 e. The number of pyridine rings is 1. The predicted octanol–water partition coefficient (Wildman–Crippen LogP) is 5.16. The summed E-state index contributed by atoms with van der Waals surface area (Å²) in [7, 11) is 4.68. The molecule has 1 aromatic heterocycles. The molecule has 0 N–H and O–H groups in total. The van der Waals surface area contributed by atoms with Crippen LogP contribution < -0.4 is 5.11 Å². The number of quaternary nitrogens is 1. The third-order valence-corrected chi connectivity index (χ3v) is 4.61. The van der Waals surface area contributed by atoms with Gasteiger partial charge in [-0.15, -0.1) is 0 Å². The number of aromatic nitrogens is 1. The molecule has 0 amide bonds. The van der Waals surface area contributed by atoms with Gasteiger partial charge in [0.2, 0.25) is 0 Å². The molecule has 0 aromatic carbocycles. The van der Waals surface area contributed by atoms with Gasteiger partial charge in [-0.05, 0) is 31.7 Å². The summed E-state index contributed by atoms with van der Waals surface area (Å²) in [5.41, 5.74) is 0. The number of hydrogen-bond acceptors (Lipinski definition) is 2. The molecule has 0 spiro atoms. The lowest BCUT2D eigenvalue weighted by atomic mass is 10.1. The average Bonchev–Trinajstić information content (AvgIpc) is 2.58. The van der Waals surface area contributed by atoms with Crippen molar-refractivity contribution in [3.63, 3.8) is 0 Å². The maximum atomic E-state index is 10.2. The highest BCUT2D eigenvalue weighted by molar-refractivity contribution is 5.04. The van der Waals surface area contributed by atoms with Crippen LogP contribution in [0.25, 0.3) is 0 Å². The molecule has 1 aromatic rings. The molecule has 0 aliphatic rings. The predicted molar refractivity (Wildman–Crippen MR) is 103 cm³/mol. The van der Waals surface area contributed by atoms with E-state index in [0.717, 1.165) is 0 Å². The summed E-state index contributed by atoms with van der Waals surface area (Å²) in [6, 6.07) is 4.79. The third kappa shape index (κ3) is 15.8. The first-order valence-electron chi connectivity index (χ1n) is 9.92. The monoisotopic (exact) mass is 336 g/mol. The smallest absolute Gasteiger partial charge is 0.0782 e. The van der Waals surface area contributed by atoms with Crippen molar-refractivity contribution < 1.29 is 9.59 Å². The van der Waals surface area contributed by atoms with Crippen molar-refractivity contribution in [2.24, 2.45) is 0 Å². The Morgan fingerprint density at radius 2 is 1.38 bits per heavy atom. The Bertz CT molecular complexity index is 365. The molecule has 0 saturated heterocycles. The molecule has 0 atom stereocenters. The van der Waals surface area contributed by atoms with Gasteiger partial charge in [-0.3, -0.25) is 4.98 Å². The zero-order valence-corrected chi connectivity index (χ0v) is 16.6. The van der Waals surface area contributed by atoms with E-state index < -0.39 is 0 Å². The molecule has 0 saturated carbocycles. The standard InChI is InChI=1S/C16H36N.C5H5NO/c1-5-7-8-9-10-11-12-13-14-15-16-17(3,4)6-2;7-5-3-1-2-4-6-5/h5-16H2,1-4H3;1-4H,(H,6,7)/q+1;/p-1. The first kappa shape index (κ1) is 22.9. The minimum Gasteiger partial charge on any atom is -0.859 e. The van der Waals surface area contributed by atoms with Crippen LogP contribution in [0.1, 0.15) is 78.1 Å². The first-order chi connectivity index (χ1) is 11.5. The van der Waals surface area contributed by atoms with Crippen LogP contribution in [0, 0.1) is 0 Å². The van der Waals surface area contributed by atoms with Crippen LogP contribution in [0.3, 0.4) is 0 Å². The van der Waals surface area contributed by atoms with Gasteiger partial charge in [0.05, 0.1) is 27.2 Å². The van der Waals surface area contributed by atoms with E-state index in [2.05, 4.69) is 32.9 Å².